The molecule has 0 radical (unpaired) electrons. The number of hydrogen-bond acceptors (Lipinski definition) is 4. The highest BCUT2D eigenvalue weighted by Gasteiger charge is 2.51. The third kappa shape index (κ3) is 3.10. The minimum Gasteiger partial charge on any atom is -0.381 e. The smallest absolute Gasteiger partial charge is 0.274 e. The first kappa shape index (κ1) is 17.8. The van der Waals surface area contributed by atoms with E-state index in [-0.39, 0.29) is 11.4 Å². The van der Waals surface area contributed by atoms with E-state index in [0.29, 0.717) is 16.6 Å². The molecule has 2 fully saturated rings. The van der Waals surface area contributed by atoms with E-state index < -0.39 is 0 Å². The van der Waals surface area contributed by atoms with Crippen molar-refractivity contribution in [3.05, 3.63) is 35.2 Å². The number of nitrogens with zero attached hydrogens (tertiary/aromatic N) is 4. The summed E-state index contributed by atoms with van der Waals surface area (Å²) in [6.45, 7) is 6.22. The maximum atomic E-state index is 12.8. The lowest BCUT2D eigenvalue weighted by atomic mass is 9.75. The van der Waals surface area contributed by atoms with Crippen LogP contribution < -0.4 is 0 Å². The van der Waals surface area contributed by atoms with Crippen molar-refractivity contribution >= 4 is 23.2 Å². The molecule has 2 aliphatic heterocycles. The number of hydrogen-bond donors (Lipinski definition) is 0. The molecule has 0 bridgehead atoms. The number of carbonyl (C=O) groups excluding carboxylic acids is 1. The summed E-state index contributed by atoms with van der Waals surface area (Å²) in [7, 11) is 2.17. The van der Waals surface area contributed by atoms with Gasteiger partial charge in [-0.15, -0.1) is 0 Å². The van der Waals surface area contributed by atoms with Crippen LogP contribution in [0, 0.1) is 5.92 Å². The zero-order valence-corrected chi connectivity index (χ0v) is 16.1. The Morgan fingerprint density at radius 2 is 2.19 bits per heavy atom. The van der Waals surface area contributed by atoms with E-state index in [9.17, 15) is 4.79 Å². The topological polar surface area (TPSA) is 50.1 Å². The van der Waals surface area contributed by atoms with Crippen molar-refractivity contribution in [1.29, 1.82) is 0 Å². The number of carbonyl (C=O) groups is 1. The van der Waals surface area contributed by atoms with E-state index in [1.165, 1.54) is 6.42 Å². The Hall–Kier alpha value is -1.63. The molecule has 2 aromatic rings. The Balaban J connectivity index is 1.44. The molecule has 140 valence electrons. The van der Waals surface area contributed by atoms with Crippen LogP contribution in [-0.4, -0.2) is 70.5 Å². The Labute approximate surface area is 158 Å². The highest BCUT2D eigenvalue weighted by Crippen LogP contribution is 2.38. The van der Waals surface area contributed by atoms with E-state index in [1.807, 2.05) is 17.9 Å². The minimum absolute atomic E-state index is 0.00391. The second-order valence-corrected chi connectivity index (χ2v) is 8.00. The molecule has 1 amide bonds. The van der Waals surface area contributed by atoms with Gasteiger partial charge in [0, 0.05) is 38.7 Å². The molecule has 0 aromatic carbocycles. The maximum absolute atomic E-state index is 12.8. The van der Waals surface area contributed by atoms with Crippen molar-refractivity contribution in [2.75, 3.05) is 39.9 Å². The number of fused-ring (bicyclic) bond motifs is 1. The quantitative estimate of drug-likeness (QED) is 0.822. The second-order valence-electron chi connectivity index (χ2n) is 7.56. The molecule has 0 aliphatic carbocycles. The summed E-state index contributed by atoms with van der Waals surface area (Å²) < 4.78 is 7.44. The average Bonchev–Trinajstić information content (AvgIpc) is 3.01. The highest BCUT2D eigenvalue weighted by atomic mass is 35.5. The zero-order chi connectivity index (χ0) is 18.3. The number of halogens is 1. The zero-order valence-electron chi connectivity index (χ0n) is 15.3. The van der Waals surface area contributed by atoms with Crippen molar-refractivity contribution in [3.8, 4) is 0 Å². The first-order chi connectivity index (χ1) is 12.5. The average molecular weight is 377 g/mol. The normalized spacial score (nSPS) is 22.7. The van der Waals surface area contributed by atoms with E-state index in [4.69, 9.17) is 16.3 Å². The predicted molar refractivity (Wildman–Crippen MR) is 101 cm³/mol. The van der Waals surface area contributed by atoms with Gasteiger partial charge in [0.15, 0.2) is 0 Å². The van der Waals surface area contributed by atoms with Crippen LogP contribution in [0.3, 0.4) is 0 Å². The monoisotopic (exact) mass is 376 g/mol. The molecule has 1 atom stereocenters. The molecule has 6 nitrogen and oxygen atoms in total. The Bertz CT molecular complexity index is 813. The van der Waals surface area contributed by atoms with Crippen molar-refractivity contribution in [2.24, 2.45) is 5.92 Å². The van der Waals surface area contributed by atoms with Crippen LogP contribution in [0.1, 0.15) is 30.3 Å². The third-order valence-electron chi connectivity index (χ3n) is 5.80. The molecule has 0 saturated carbocycles. The molecule has 2 aromatic heterocycles. The predicted octanol–water partition coefficient (Wildman–Crippen LogP) is 2.56. The molecule has 0 N–H and O–H groups in total. The minimum atomic E-state index is -0.00391. The van der Waals surface area contributed by atoms with Crippen LogP contribution >= 0.6 is 11.6 Å². The summed E-state index contributed by atoms with van der Waals surface area (Å²) in [5.74, 6) is 0.580. The first-order valence-corrected chi connectivity index (χ1v) is 9.61. The van der Waals surface area contributed by atoms with Crippen LogP contribution in [0.2, 0.25) is 5.02 Å². The Kier molecular flexibility index (Phi) is 4.67. The number of ether oxygens (including phenoxy) is 1. The molecule has 4 heterocycles. The summed E-state index contributed by atoms with van der Waals surface area (Å²) in [4.78, 5) is 21.6. The third-order valence-corrected chi connectivity index (χ3v) is 6.02. The van der Waals surface area contributed by atoms with Crippen LogP contribution in [-0.2, 0) is 4.74 Å². The van der Waals surface area contributed by atoms with Crippen LogP contribution in [0.15, 0.2) is 24.5 Å². The fraction of sp³-hybridized carbons (Fsp3) is 0.579. The van der Waals surface area contributed by atoms with Crippen LogP contribution in [0.25, 0.3) is 5.65 Å². The summed E-state index contributed by atoms with van der Waals surface area (Å²) in [5, 5.41) is 0.626. The number of amides is 1. The first-order valence-electron chi connectivity index (χ1n) is 9.23. The summed E-state index contributed by atoms with van der Waals surface area (Å²) in [6.07, 6.45) is 5.79. The van der Waals surface area contributed by atoms with Gasteiger partial charge >= 0.3 is 0 Å². The van der Waals surface area contributed by atoms with Gasteiger partial charge in [0.05, 0.1) is 10.6 Å². The van der Waals surface area contributed by atoms with Gasteiger partial charge in [-0.3, -0.25) is 9.69 Å². The molecule has 1 spiro atoms. The molecule has 1 unspecified atom stereocenters. The molecular formula is C19H25ClN4O2. The number of piperidine rings is 1. The van der Waals surface area contributed by atoms with Gasteiger partial charge in [-0.25, -0.2) is 4.98 Å². The lowest BCUT2D eigenvalue weighted by Crippen LogP contribution is -2.72. The fourth-order valence-electron chi connectivity index (χ4n) is 4.24. The second kappa shape index (κ2) is 6.83. The van der Waals surface area contributed by atoms with Crippen molar-refractivity contribution in [2.45, 2.75) is 25.3 Å². The number of aromatic nitrogens is 2. The molecule has 2 saturated heterocycles. The highest BCUT2D eigenvalue weighted by molar-refractivity contribution is 6.30. The molecule has 2 aliphatic rings. The lowest BCUT2D eigenvalue weighted by Gasteiger charge is -2.58. The van der Waals surface area contributed by atoms with Gasteiger partial charge < -0.3 is 14.0 Å². The van der Waals surface area contributed by atoms with Crippen molar-refractivity contribution in [3.63, 3.8) is 0 Å². The standard InChI is InChI=1S/C19H25ClN4O2/c1-3-26-11-14-6-7-22(2)19(8-14)12-24(13-19)18(25)16-10-23-9-15(20)4-5-17(23)21-16/h4-5,9-10,14H,3,6-8,11-13H2,1-2H3. The lowest BCUT2D eigenvalue weighted by molar-refractivity contribution is -0.0752. The molecular weight excluding hydrogens is 352 g/mol. The summed E-state index contributed by atoms with van der Waals surface area (Å²) in [5.41, 5.74) is 1.31. The van der Waals surface area contributed by atoms with Gasteiger partial charge in [-0.2, -0.15) is 0 Å². The van der Waals surface area contributed by atoms with Gasteiger partial charge in [0.1, 0.15) is 11.3 Å². The Morgan fingerprint density at radius 3 is 2.96 bits per heavy atom. The van der Waals surface area contributed by atoms with Gasteiger partial charge in [-0.1, -0.05) is 11.6 Å². The maximum Gasteiger partial charge on any atom is 0.274 e. The van der Waals surface area contributed by atoms with E-state index >= 15 is 0 Å². The van der Waals surface area contributed by atoms with Crippen LogP contribution in [0.5, 0.6) is 0 Å². The van der Waals surface area contributed by atoms with E-state index in [2.05, 4.69) is 16.9 Å². The number of likely N-dealkylation sites (N-methyl/N-ethyl adjacent to an activating group) is 1. The number of likely N-dealkylation sites (tertiary alicyclic amines) is 2. The molecule has 4 rings (SSSR count). The SMILES string of the molecule is CCOCC1CCN(C)C2(C1)CN(C(=O)c1cn3cc(Cl)ccc3n1)C2. The van der Waals surface area contributed by atoms with E-state index in [1.54, 1.807) is 22.9 Å². The summed E-state index contributed by atoms with van der Waals surface area (Å²) >= 11 is 6.01. The van der Waals surface area contributed by atoms with Gasteiger partial charge in [0.2, 0.25) is 0 Å². The summed E-state index contributed by atoms with van der Waals surface area (Å²) in [6, 6.07) is 3.61. The molecule has 26 heavy (non-hydrogen) atoms. The van der Waals surface area contributed by atoms with Gasteiger partial charge in [0.25, 0.3) is 5.91 Å². The largest absolute Gasteiger partial charge is 0.381 e. The molecule has 7 heteroatoms. The van der Waals surface area contributed by atoms with E-state index in [0.717, 1.165) is 44.9 Å². The number of rotatable bonds is 4. The number of pyridine rings is 1. The van der Waals surface area contributed by atoms with Crippen molar-refractivity contribution in [1.82, 2.24) is 19.2 Å². The van der Waals surface area contributed by atoms with Gasteiger partial charge in [-0.05, 0) is 51.4 Å². The van der Waals surface area contributed by atoms with Crippen LogP contribution in [0.4, 0.5) is 0 Å². The fourth-order valence-corrected chi connectivity index (χ4v) is 4.41. The van der Waals surface area contributed by atoms with Crippen molar-refractivity contribution < 1.29 is 9.53 Å². The Morgan fingerprint density at radius 1 is 1.38 bits per heavy atom. The number of imidazole rings is 1.